The molecule has 0 bridgehead atoms. The molecule has 0 saturated carbocycles. The summed E-state index contributed by atoms with van der Waals surface area (Å²) in [7, 11) is 0. The third kappa shape index (κ3) is 4.88. The van der Waals surface area contributed by atoms with Crippen LogP contribution in [-0.4, -0.2) is 45.5 Å². The van der Waals surface area contributed by atoms with Gasteiger partial charge in [-0.1, -0.05) is 0 Å². The number of pyridine rings is 1. The average molecular weight is 284 g/mol. The third-order valence-electron chi connectivity index (χ3n) is 2.37. The summed E-state index contributed by atoms with van der Waals surface area (Å²) in [5.41, 5.74) is -1.08. The highest BCUT2D eigenvalue weighted by atomic mass is 32.2. The van der Waals surface area contributed by atoms with Crippen molar-refractivity contribution in [3.63, 3.8) is 0 Å². The molecular weight excluding hydrogens is 268 g/mol. The van der Waals surface area contributed by atoms with Gasteiger partial charge in [-0.25, -0.2) is 4.98 Å². The lowest BCUT2D eigenvalue weighted by Gasteiger charge is -2.21. The standard InChI is InChI=1S/C12H16N2O4S/c1-12(18,6-9(15)16)7-14-10(17)8-4-3-5-13-11(8)19-2/h3-5,18H,6-7H2,1-2H3,(H,14,17)(H,15,16). The van der Waals surface area contributed by atoms with Crippen molar-refractivity contribution < 1.29 is 19.8 Å². The van der Waals surface area contributed by atoms with Crippen LogP contribution in [0.1, 0.15) is 23.7 Å². The number of carboxylic acids is 1. The van der Waals surface area contributed by atoms with E-state index in [9.17, 15) is 14.7 Å². The molecule has 3 N–H and O–H groups in total. The second-order valence-corrected chi connectivity index (χ2v) is 5.11. The molecule has 6 nitrogen and oxygen atoms in total. The van der Waals surface area contributed by atoms with Crippen LogP contribution in [-0.2, 0) is 4.79 Å². The quantitative estimate of drug-likeness (QED) is 0.667. The second kappa shape index (κ2) is 6.53. The maximum atomic E-state index is 11.9. The minimum Gasteiger partial charge on any atom is -0.481 e. The normalized spacial score (nSPS) is 13.6. The molecule has 19 heavy (non-hydrogen) atoms. The Hall–Kier alpha value is -1.60. The summed E-state index contributed by atoms with van der Waals surface area (Å²) in [6.45, 7) is 1.22. The lowest BCUT2D eigenvalue weighted by molar-refractivity contribution is -0.141. The SMILES string of the molecule is CSc1ncccc1C(=O)NCC(C)(O)CC(=O)O. The van der Waals surface area contributed by atoms with Crippen LogP contribution in [0.4, 0.5) is 0 Å². The molecule has 0 aliphatic heterocycles. The number of rotatable bonds is 6. The second-order valence-electron chi connectivity index (χ2n) is 4.31. The fourth-order valence-corrected chi connectivity index (χ4v) is 2.03. The van der Waals surface area contributed by atoms with Crippen molar-refractivity contribution in [2.45, 2.75) is 24.0 Å². The molecule has 0 aliphatic rings. The van der Waals surface area contributed by atoms with E-state index in [-0.39, 0.29) is 12.5 Å². The number of carbonyl (C=O) groups excluding carboxylic acids is 1. The number of carboxylic acid groups (broad SMARTS) is 1. The van der Waals surface area contributed by atoms with Crippen LogP contribution in [0, 0.1) is 0 Å². The fraction of sp³-hybridized carbons (Fsp3) is 0.417. The molecule has 0 aromatic carbocycles. The van der Waals surface area contributed by atoms with Crippen molar-refractivity contribution in [3.05, 3.63) is 23.9 Å². The Morgan fingerprint density at radius 2 is 2.21 bits per heavy atom. The molecule has 1 atom stereocenters. The van der Waals surface area contributed by atoms with E-state index in [1.54, 1.807) is 24.6 Å². The maximum absolute atomic E-state index is 11.9. The van der Waals surface area contributed by atoms with Gasteiger partial charge >= 0.3 is 5.97 Å². The Kier molecular flexibility index (Phi) is 5.31. The Balaban J connectivity index is 2.68. The van der Waals surface area contributed by atoms with Gasteiger partial charge in [0.1, 0.15) is 5.03 Å². The largest absolute Gasteiger partial charge is 0.481 e. The number of aliphatic carboxylic acids is 1. The number of aromatic nitrogens is 1. The van der Waals surface area contributed by atoms with Gasteiger partial charge in [0, 0.05) is 12.7 Å². The summed E-state index contributed by atoms with van der Waals surface area (Å²) >= 11 is 1.34. The molecule has 0 spiro atoms. The van der Waals surface area contributed by atoms with Crippen molar-refractivity contribution in [1.29, 1.82) is 0 Å². The van der Waals surface area contributed by atoms with Crippen LogP contribution in [0.15, 0.2) is 23.4 Å². The summed E-state index contributed by atoms with van der Waals surface area (Å²) in [5, 5.41) is 21.5. The van der Waals surface area contributed by atoms with Crippen LogP contribution in [0.2, 0.25) is 0 Å². The fourth-order valence-electron chi connectivity index (χ4n) is 1.48. The van der Waals surface area contributed by atoms with Crippen LogP contribution in [0.3, 0.4) is 0 Å². The lowest BCUT2D eigenvalue weighted by Crippen LogP contribution is -2.42. The number of amides is 1. The Bertz CT molecular complexity index is 477. The molecule has 0 aliphatic carbocycles. The van der Waals surface area contributed by atoms with Gasteiger partial charge in [-0.15, -0.1) is 11.8 Å². The molecule has 1 rings (SSSR count). The zero-order valence-corrected chi connectivity index (χ0v) is 11.5. The summed E-state index contributed by atoms with van der Waals surface area (Å²) < 4.78 is 0. The van der Waals surface area contributed by atoms with Crippen molar-refractivity contribution >= 4 is 23.6 Å². The Morgan fingerprint density at radius 1 is 1.53 bits per heavy atom. The van der Waals surface area contributed by atoms with Crippen molar-refractivity contribution in [3.8, 4) is 0 Å². The number of thioether (sulfide) groups is 1. The topological polar surface area (TPSA) is 99.5 Å². The summed E-state index contributed by atoms with van der Waals surface area (Å²) in [6, 6.07) is 3.27. The van der Waals surface area contributed by atoms with Gasteiger partial charge in [0.25, 0.3) is 5.91 Å². The predicted octanol–water partition coefficient (Wildman–Crippen LogP) is 0.759. The minimum absolute atomic E-state index is 0.138. The zero-order chi connectivity index (χ0) is 14.5. The molecule has 1 aromatic heterocycles. The first-order valence-electron chi connectivity index (χ1n) is 5.57. The van der Waals surface area contributed by atoms with Crippen LogP contribution < -0.4 is 5.32 Å². The first-order valence-corrected chi connectivity index (χ1v) is 6.79. The van der Waals surface area contributed by atoms with Crippen LogP contribution in [0.25, 0.3) is 0 Å². The highest BCUT2D eigenvalue weighted by Gasteiger charge is 2.25. The first-order chi connectivity index (χ1) is 8.85. The summed E-state index contributed by atoms with van der Waals surface area (Å²) in [4.78, 5) is 26.5. The van der Waals surface area contributed by atoms with Gasteiger partial charge in [0.2, 0.25) is 0 Å². The Labute approximate surface area is 115 Å². The lowest BCUT2D eigenvalue weighted by atomic mass is 10.0. The third-order valence-corrected chi connectivity index (χ3v) is 3.08. The predicted molar refractivity (Wildman–Crippen MR) is 71.2 cm³/mol. The molecule has 1 amide bonds. The number of carbonyl (C=O) groups is 2. The highest BCUT2D eigenvalue weighted by molar-refractivity contribution is 7.98. The molecule has 0 fully saturated rings. The van der Waals surface area contributed by atoms with Crippen LogP contribution >= 0.6 is 11.8 Å². The van der Waals surface area contributed by atoms with Crippen LogP contribution in [0.5, 0.6) is 0 Å². The molecule has 0 radical (unpaired) electrons. The number of hydrogen-bond donors (Lipinski definition) is 3. The van der Waals surface area contributed by atoms with E-state index in [0.29, 0.717) is 10.6 Å². The summed E-state index contributed by atoms with van der Waals surface area (Å²) in [5.74, 6) is -1.51. The number of nitrogens with one attached hydrogen (secondary N) is 1. The smallest absolute Gasteiger partial charge is 0.306 e. The molecular formula is C12H16N2O4S. The maximum Gasteiger partial charge on any atom is 0.306 e. The summed E-state index contributed by atoms with van der Waals surface area (Å²) in [6.07, 6.45) is 2.96. The van der Waals surface area contributed by atoms with E-state index in [4.69, 9.17) is 5.11 Å². The highest BCUT2D eigenvalue weighted by Crippen LogP contribution is 2.17. The average Bonchev–Trinajstić information content (AvgIpc) is 2.34. The minimum atomic E-state index is -1.48. The molecule has 104 valence electrons. The van der Waals surface area contributed by atoms with Gasteiger partial charge in [0.15, 0.2) is 0 Å². The molecule has 7 heteroatoms. The number of hydrogen-bond acceptors (Lipinski definition) is 5. The van der Waals surface area contributed by atoms with Crippen molar-refractivity contribution in [2.75, 3.05) is 12.8 Å². The van der Waals surface area contributed by atoms with E-state index in [2.05, 4.69) is 10.3 Å². The van der Waals surface area contributed by atoms with E-state index in [0.717, 1.165) is 0 Å². The van der Waals surface area contributed by atoms with E-state index < -0.39 is 18.0 Å². The van der Waals surface area contributed by atoms with Gasteiger partial charge in [-0.05, 0) is 25.3 Å². The van der Waals surface area contributed by atoms with Crippen molar-refractivity contribution in [1.82, 2.24) is 10.3 Å². The van der Waals surface area contributed by atoms with Crippen molar-refractivity contribution in [2.24, 2.45) is 0 Å². The number of aliphatic hydroxyl groups is 1. The van der Waals surface area contributed by atoms with Gasteiger partial charge < -0.3 is 15.5 Å². The van der Waals surface area contributed by atoms with Gasteiger partial charge in [-0.2, -0.15) is 0 Å². The van der Waals surface area contributed by atoms with Gasteiger partial charge in [-0.3, -0.25) is 9.59 Å². The van der Waals surface area contributed by atoms with Gasteiger partial charge in [0.05, 0.1) is 17.6 Å². The Morgan fingerprint density at radius 3 is 2.79 bits per heavy atom. The van der Waals surface area contributed by atoms with E-state index in [1.165, 1.54) is 18.7 Å². The molecule has 1 unspecified atom stereocenters. The molecule has 1 heterocycles. The molecule has 0 saturated heterocycles. The zero-order valence-electron chi connectivity index (χ0n) is 10.7. The molecule has 1 aromatic rings. The van der Waals surface area contributed by atoms with E-state index in [1.807, 2.05) is 0 Å². The monoisotopic (exact) mass is 284 g/mol. The number of nitrogens with zero attached hydrogens (tertiary/aromatic N) is 1. The van der Waals surface area contributed by atoms with E-state index >= 15 is 0 Å². The first kappa shape index (κ1) is 15.5.